The average Bonchev–Trinajstić information content (AvgIpc) is 2.31. The molecule has 1 amide bonds. The maximum absolute atomic E-state index is 11.9. The van der Waals surface area contributed by atoms with Gasteiger partial charge in [0.05, 0.1) is 19.1 Å². The summed E-state index contributed by atoms with van der Waals surface area (Å²) in [6.07, 6.45) is 0.391. The lowest BCUT2D eigenvalue weighted by Gasteiger charge is -2.23. The molecule has 17 heavy (non-hydrogen) atoms. The zero-order chi connectivity index (χ0) is 13.0. The number of aryl methyl sites for hydroxylation is 2. The van der Waals surface area contributed by atoms with Crippen molar-refractivity contribution in [2.45, 2.75) is 33.2 Å². The highest BCUT2D eigenvalue weighted by Gasteiger charge is 2.15. The third kappa shape index (κ3) is 3.56. The lowest BCUT2D eigenvalue weighted by atomic mass is 10.0. The third-order valence-corrected chi connectivity index (χ3v) is 3.25. The Morgan fingerprint density at radius 1 is 1.35 bits per heavy atom. The molecule has 1 rings (SSSR count). The van der Waals surface area contributed by atoms with E-state index >= 15 is 0 Å². The van der Waals surface area contributed by atoms with Gasteiger partial charge >= 0.3 is 0 Å². The molecule has 0 radical (unpaired) electrons. The molecule has 1 atom stereocenters. The van der Waals surface area contributed by atoms with Crippen LogP contribution in [-0.2, 0) is 11.2 Å². The first-order chi connectivity index (χ1) is 7.95. The van der Waals surface area contributed by atoms with E-state index in [1.165, 1.54) is 11.1 Å². The van der Waals surface area contributed by atoms with Crippen LogP contribution < -0.4 is 0 Å². The molecule has 0 bridgehead atoms. The molecule has 0 aliphatic heterocycles. The van der Waals surface area contributed by atoms with E-state index in [0.717, 1.165) is 5.56 Å². The van der Waals surface area contributed by atoms with Crippen LogP contribution in [0.15, 0.2) is 18.2 Å². The van der Waals surface area contributed by atoms with Crippen LogP contribution in [0.25, 0.3) is 0 Å². The first-order valence-electron chi connectivity index (χ1n) is 5.88. The number of hydrogen-bond acceptors (Lipinski definition) is 2. The van der Waals surface area contributed by atoms with Crippen LogP contribution in [-0.4, -0.2) is 35.6 Å². The summed E-state index contributed by atoms with van der Waals surface area (Å²) >= 11 is 0. The molecule has 0 aliphatic carbocycles. The Hall–Kier alpha value is -1.35. The maximum Gasteiger partial charge on any atom is 0.227 e. The van der Waals surface area contributed by atoms with E-state index in [-0.39, 0.29) is 18.6 Å². The number of aliphatic hydroxyl groups is 1. The molecule has 1 aromatic carbocycles. The van der Waals surface area contributed by atoms with E-state index in [0.29, 0.717) is 6.42 Å². The molecule has 0 aromatic heterocycles. The molecule has 3 nitrogen and oxygen atoms in total. The number of amides is 1. The van der Waals surface area contributed by atoms with Gasteiger partial charge in [0.1, 0.15) is 0 Å². The summed E-state index contributed by atoms with van der Waals surface area (Å²) in [5, 5.41) is 9.01. The number of benzene rings is 1. The van der Waals surface area contributed by atoms with Crippen molar-refractivity contribution in [2.75, 3.05) is 13.7 Å². The molecule has 0 saturated carbocycles. The SMILES string of the molecule is Cc1ccc(CC(=O)N(C)C(C)CO)cc1C. The van der Waals surface area contributed by atoms with Gasteiger partial charge < -0.3 is 10.0 Å². The second-order valence-corrected chi connectivity index (χ2v) is 4.63. The van der Waals surface area contributed by atoms with Crippen molar-refractivity contribution in [1.82, 2.24) is 4.90 Å². The van der Waals surface area contributed by atoms with Gasteiger partial charge in [0.15, 0.2) is 0 Å². The van der Waals surface area contributed by atoms with Gasteiger partial charge in [-0.05, 0) is 37.5 Å². The zero-order valence-corrected chi connectivity index (χ0v) is 11.0. The highest BCUT2D eigenvalue weighted by Crippen LogP contribution is 2.11. The van der Waals surface area contributed by atoms with Crippen LogP contribution in [0.3, 0.4) is 0 Å². The molecule has 1 unspecified atom stereocenters. The molecule has 1 aromatic rings. The Kier molecular flexibility index (Phi) is 4.70. The van der Waals surface area contributed by atoms with Crippen LogP contribution in [0.2, 0.25) is 0 Å². The van der Waals surface area contributed by atoms with Gasteiger partial charge in [0.2, 0.25) is 5.91 Å². The fourth-order valence-corrected chi connectivity index (χ4v) is 1.58. The highest BCUT2D eigenvalue weighted by molar-refractivity contribution is 5.78. The van der Waals surface area contributed by atoms with Gasteiger partial charge in [-0.1, -0.05) is 18.2 Å². The summed E-state index contributed by atoms with van der Waals surface area (Å²) in [4.78, 5) is 13.5. The number of carbonyl (C=O) groups is 1. The molecule has 3 heteroatoms. The summed E-state index contributed by atoms with van der Waals surface area (Å²) in [6.45, 7) is 5.93. The number of nitrogens with zero attached hydrogens (tertiary/aromatic N) is 1. The molecular formula is C14H21NO2. The van der Waals surface area contributed by atoms with Gasteiger partial charge in [-0.25, -0.2) is 0 Å². The maximum atomic E-state index is 11.9. The van der Waals surface area contributed by atoms with Gasteiger partial charge in [-0.15, -0.1) is 0 Å². The predicted molar refractivity (Wildman–Crippen MR) is 68.9 cm³/mol. The molecule has 1 N–H and O–H groups in total. The standard InChI is InChI=1S/C14H21NO2/c1-10-5-6-13(7-11(10)2)8-14(17)15(4)12(3)9-16/h5-7,12,16H,8-9H2,1-4H3. The van der Waals surface area contributed by atoms with E-state index in [4.69, 9.17) is 5.11 Å². The normalized spacial score (nSPS) is 12.3. The van der Waals surface area contributed by atoms with E-state index in [2.05, 4.69) is 6.92 Å². The molecule has 0 heterocycles. The van der Waals surface area contributed by atoms with Crippen molar-refractivity contribution in [2.24, 2.45) is 0 Å². The summed E-state index contributed by atoms with van der Waals surface area (Å²) < 4.78 is 0. The van der Waals surface area contributed by atoms with Gasteiger partial charge in [0, 0.05) is 7.05 Å². The molecule has 0 aliphatic rings. The molecule has 0 saturated heterocycles. The lowest BCUT2D eigenvalue weighted by molar-refractivity contribution is -0.131. The van der Waals surface area contributed by atoms with Crippen LogP contribution in [0.5, 0.6) is 0 Å². The average molecular weight is 235 g/mol. The van der Waals surface area contributed by atoms with Crippen molar-refractivity contribution < 1.29 is 9.90 Å². The quantitative estimate of drug-likeness (QED) is 0.862. The Balaban J connectivity index is 2.71. The van der Waals surface area contributed by atoms with Crippen molar-refractivity contribution in [3.8, 4) is 0 Å². The lowest BCUT2D eigenvalue weighted by Crippen LogP contribution is -2.38. The van der Waals surface area contributed by atoms with Crippen molar-refractivity contribution >= 4 is 5.91 Å². The fraction of sp³-hybridized carbons (Fsp3) is 0.500. The summed E-state index contributed by atoms with van der Waals surface area (Å²) in [6, 6.07) is 5.93. The van der Waals surface area contributed by atoms with E-state index in [9.17, 15) is 4.79 Å². The van der Waals surface area contributed by atoms with Crippen LogP contribution in [0.1, 0.15) is 23.6 Å². The second kappa shape index (κ2) is 5.82. The largest absolute Gasteiger partial charge is 0.394 e. The van der Waals surface area contributed by atoms with Crippen LogP contribution in [0, 0.1) is 13.8 Å². The first-order valence-corrected chi connectivity index (χ1v) is 5.88. The van der Waals surface area contributed by atoms with Gasteiger partial charge in [-0.3, -0.25) is 4.79 Å². The minimum Gasteiger partial charge on any atom is -0.394 e. The summed E-state index contributed by atoms with van der Waals surface area (Å²) in [5.74, 6) is 0.0369. The molecular weight excluding hydrogens is 214 g/mol. The van der Waals surface area contributed by atoms with Crippen molar-refractivity contribution in [1.29, 1.82) is 0 Å². The minimum atomic E-state index is -0.131. The summed E-state index contributed by atoms with van der Waals surface area (Å²) in [7, 11) is 1.73. The molecule has 0 fully saturated rings. The van der Waals surface area contributed by atoms with Gasteiger partial charge in [-0.2, -0.15) is 0 Å². The smallest absolute Gasteiger partial charge is 0.227 e. The topological polar surface area (TPSA) is 40.5 Å². The summed E-state index contributed by atoms with van der Waals surface area (Å²) in [5.41, 5.74) is 3.46. The first kappa shape index (κ1) is 13.7. The Morgan fingerprint density at radius 3 is 2.53 bits per heavy atom. The van der Waals surface area contributed by atoms with Crippen LogP contribution >= 0.6 is 0 Å². The Morgan fingerprint density at radius 2 is 2.00 bits per heavy atom. The number of carbonyl (C=O) groups excluding carboxylic acids is 1. The number of rotatable bonds is 4. The Labute approximate surface area is 103 Å². The van der Waals surface area contributed by atoms with Crippen molar-refractivity contribution in [3.05, 3.63) is 34.9 Å². The van der Waals surface area contributed by atoms with Crippen molar-refractivity contribution in [3.63, 3.8) is 0 Å². The number of aliphatic hydroxyl groups excluding tert-OH is 1. The van der Waals surface area contributed by atoms with Crippen LogP contribution in [0.4, 0.5) is 0 Å². The molecule has 94 valence electrons. The fourth-order valence-electron chi connectivity index (χ4n) is 1.58. The van der Waals surface area contributed by atoms with E-state index in [1.54, 1.807) is 11.9 Å². The Bertz CT molecular complexity index is 401. The van der Waals surface area contributed by atoms with E-state index < -0.39 is 0 Å². The van der Waals surface area contributed by atoms with E-state index in [1.807, 2.05) is 32.0 Å². The number of likely N-dealkylation sites (N-methyl/N-ethyl adjacent to an activating group) is 1. The highest BCUT2D eigenvalue weighted by atomic mass is 16.3. The second-order valence-electron chi connectivity index (χ2n) is 4.63. The molecule has 0 spiro atoms. The number of hydrogen-bond donors (Lipinski definition) is 1. The third-order valence-electron chi connectivity index (χ3n) is 3.25. The minimum absolute atomic E-state index is 0.00480. The predicted octanol–water partition coefficient (Wildman–Crippen LogP) is 1.69. The zero-order valence-electron chi connectivity index (χ0n) is 11.0. The monoisotopic (exact) mass is 235 g/mol. The van der Waals surface area contributed by atoms with Gasteiger partial charge in [0.25, 0.3) is 0 Å².